The van der Waals surface area contributed by atoms with E-state index in [1.54, 1.807) is 13.2 Å². The summed E-state index contributed by atoms with van der Waals surface area (Å²) in [6.07, 6.45) is 6.41. The van der Waals surface area contributed by atoms with Crippen molar-refractivity contribution in [2.45, 2.75) is 32.5 Å². The molecule has 0 radical (unpaired) electrons. The van der Waals surface area contributed by atoms with Gasteiger partial charge in [-0.25, -0.2) is 4.68 Å². The molecule has 1 aliphatic heterocycles. The lowest BCUT2D eigenvalue weighted by molar-refractivity contribution is 0.331. The number of likely N-dealkylation sites (tertiary alicyclic amines) is 1. The van der Waals surface area contributed by atoms with Crippen LogP contribution in [0.5, 0.6) is 0 Å². The van der Waals surface area contributed by atoms with Crippen molar-refractivity contribution < 1.29 is 0 Å². The van der Waals surface area contributed by atoms with E-state index in [4.69, 9.17) is 0 Å². The first-order valence-corrected chi connectivity index (χ1v) is 10.6. The standard InChI is InChI=1S/C24H30N6/c1-25-24(27-18-22-6-4-7-23(16-22)30-15-5-12-28-30)26-17-20-8-10-21(11-9-20)19-29-13-2-3-14-29/h4-12,15-16H,2-3,13-14,17-19H2,1H3,(H2,25,26,27). The molecule has 0 atom stereocenters. The molecule has 6 heteroatoms. The Hall–Kier alpha value is -3.12. The highest BCUT2D eigenvalue weighted by Gasteiger charge is 2.11. The molecule has 0 spiro atoms. The minimum atomic E-state index is 0.698. The van der Waals surface area contributed by atoms with E-state index < -0.39 is 0 Å². The molecule has 0 unspecified atom stereocenters. The van der Waals surface area contributed by atoms with E-state index in [9.17, 15) is 0 Å². The van der Waals surface area contributed by atoms with E-state index in [1.807, 2.05) is 23.0 Å². The van der Waals surface area contributed by atoms with E-state index in [1.165, 1.54) is 42.6 Å². The topological polar surface area (TPSA) is 57.5 Å². The van der Waals surface area contributed by atoms with Crippen LogP contribution >= 0.6 is 0 Å². The van der Waals surface area contributed by atoms with Gasteiger partial charge in [-0.3, -0.25) is 9.89 Å². The number of rotatable bonds is 7. The molecule has 30 heavy (non-hydrogen) atoms. The zero-order valence-electron chi connectivity index (χ0n) is 17.6. The van der Waals surface area contributed by atoms with Gasteiger partial charge in [-0.1, -0.05) is 36.4 Å². The van der Waals surface area contributed by atoms with Crippen molar-refractivity contribution in [1.29, 1.82) is 0 Å². The molecule has 2 N–H and O–H groups in total. The van der Waals surface area contributed by atoms with E-state index in [-0.39, 0.29) is 0 Å². The molecular weight excluding hydrogens is 372 g/mol. The fourth-order valence-electron chi connectivity index (χ4n) is 3.78. The minimum absolute atomic E-state index is 0.698. The molecule has 2 aromatic carbocycles. The fourth-order valence-corrected chi connectivity index (χ4v) is 3.78. The maximum atomic E-state index is 4.35. The average Bonchev–Trinajstić information content (AvgIpc) is 3.50. The highest BCUT2D eigenvalue weighted by Crippen LogP contribution is 2.13. The first-order valence-electron chi connectivity index (χ1n) is 10.6. The van der Waals surface area contributed by atoms with E-state index in [0.717, 1.165) is 24.7 Å². The molecular formula is C24H30N6. The van der Waals surface area contributed by atoms with E-state index in [2.05, 4.69) is 68.1 Å². The van der Waals surface area contributed by atoms with Crippen LogP contribution in [0.15, 0.2) is 72.0 Å². The lowest BCUT2D eigenvalue weighted by atomic mass is 10.1. The Morgan fingerprint density at radius 2 is 1.67 bits per heavy atom. The van der Waals surface area contributed by atoms with Crippen LogP contribution in [0.3, 0.4) is 0 Å². The van der Waals surface area contributed by atoms with Crippen molar-refractivity contribution in [2.24, 2.45) is 4.99 Å². The molecule has 1 aromatic heterocycles. The Labute approximate surface area is 178 Å². The van der Waals surface area contributed by atoms with Crippen molar-refractivity contribution in [1.82, 2.24) is 25.3 Å². The summed E-state index contributed by atoms with van der Waals surface area (Å²) in [6, 6.07) is 19.2. The van der Waals surface area contributed by atoms with Crippen LogP contribution in [0.4, 0.5) is 0 Å². The van der Waals surface area contributed by atoms with Crippen molar-refractivity contribution in [2.75, 3.05) is 20.1 Å². The number of hydrogen-bond donors (Lipinski definition) is 2. The minimum Gasteiger partial charge on any atom is -0.352 e. The molecule has 3 aromatic rings. The Morgan fingerprint density at radius 3 is 2.37 bits per heavy atom. The molecule has 0 aliphatic carbocycles. The number of guanidine groups is 1. The monoisotopic (exact) mass is 402 g/mol. The smallest absolute Gasteiger partial charge is 0.191 e. The van der Waals surface area contributed by atoms with Crippen LogP contribution in [-0.2, 0) is 19.6 Å². The first kappa shape index (κ1) is 20.2. The molecule has 4 rings (SSSR count). The van der Waals surface area contributed by atoms with Crippen LogP contribution in [0.2, 0.25) is 0 Å². The van der Waals surface area contributed by atoms with Crippen LogP contribution in [0.1, 0.15) is 29.5 Å². The number of hydrogen-bond acceptors (Lipinski definition) is 3. The molecule has 2 heterocycles. The predicted octanol–water partition coefficient (Wildman–Crippen LogP) is 3.33. The van der Waals surface area contributed by atoms with Gasteiger partial charge in [0.15, 0.2) is 5.96 Å². The Balaban J connectivity index is 1.26. The summed E-state index contributed by atoms with van der Waals surface area (Å²) in [6.45, 7) is 4.97. The third-order valence-electron chi connectivity index (χ3n) is 5.45. The second kappa shape index (κ2) is 10.1. The normalized spacial score (nSPS) is 14.8. The third kappa shape index (κ3) is 5.48. The second-order valence-corrected chi connectivity index (χ2v) is 7.70. The van der Waals surface area contributed by atoms with Crippen LogP contribution < -0.4 is 10.6 Å². The summed E-state index contributed by atoms with van der Waals surface area (Å²) in [5.74, 6) is 0.792. The van der Waals surface area contributed by atoms with Crippen LogP contribution in [-0.4, -0.2) is 40.8 Å². The van der Waals surface area contributed by atoms with E-state index >= 15 is 0 Å². The van der Waals surface area contributed by atoms with Gasteiger partial charge < -0.3 is 10.6 Å². The lowest BCUT2D eigenvalue weighted by Gasteiger charge is -2.15. The van der Waals surface area contributed by atoms with Gasteiger partial charge >= 0.3 is 0 Å². The molecule has 1 fully saturated rings. The summed E-state index contributed by atoms with van der Waals surface area (Å²) in [5, 5.41) is 11.1. The zero-order chi connectivity index (χ0) is 20.6. The number of nitrogens with zero attached hydrogens (tertiary/aromatic N) is 4. The highest BCUT2D eigenvalue weighted by atomic mass is 15.3. The summed E-state index contributed by atoms with van der Waals surface area (Å²) in [4.78, 5) is 6.87. The van der Waals surface area contributed by atoms with Crippen molar-refractivity contribution in [3.8, 4) is 5.69 Å². The summed E-state index contributed by atoms with van der Waals surface area (Å²) >= 11 is 0. The second-order valence-electron chi connectivity index (χ2n) is 7.70. The van der Waals surface area contributed by atoms with Gasteiger partial charge in [0.1, 0.15) is 0 Å². The fraction of sp³-hybridized carbons (Fsp3) is 0.333. The first-order chi connectivity index (χ1) is 14.8. The average molecular weight is 403 g/mol. The van der Waals surface area contributed by atoms with Gasteiger partial charge in [0.2, 0.25) is 0 Å². The molecule has 156 valence electrons. The van der Waals surface area contributed by atoms with Crippen molar-refractivity contribution >= 4 is 5.96 Å². The van der Waals surface area contributed by atoms with Crippen LogP contribution in [0.25, 0.3) is 5.69 Å². The largest absolute Gasteiger partial charge is 0.352 e. The maximum Gasteiger partial charge on any atom is 0.191 e. The van der Waals surface area contributed by atoms with Gasteiger partial charge in [-0.2, -0.15) is 5.10 Å². The lowest BCUT2D eigenvalue weighted by Crippen LogP contribution is -2.36. The Kier molecular flexibility index (Phi) is 6.77. The molecule has 0 saturated carbocycles. The molecule has 0 amide bonds. The quantitative estimate of drug-likeness (QED) is 0.470. The van der Waals surface area contributed by atoms with Crippen LogP contribution in [0, 0.1) is 0 Å². The number of aromatic nitrogens is 2. The van der Waals surface area contributed by atoms with E-state index in [0.29, 0.717) is 6.54 Å². The molecule has 1 saturated heterocycles. The summed E-state index contributed by atoms with van der Waals surface area (Å²) in [5.41, 5.74) is 4.87. The predicted molar refractivity (Wildman–Crippen MR) is 122 cm³/mol. The van der Waals surface area contributed by atoms with Gasteiger partial charge in [0.25, 0.3) is 0 Å². The summed E-state index contributed by atoms with van der Waals surface area (Å²) in [7, 11) is 1.80. The molecule has 6 nitrogen and oxygen atoms in total. The molecule has 0 bridgehead atoms. The van der Waals surface area contributed by atoms with Gasteiger partial charge in [-0.05, 0) is 60.8 Å². The van der Waals surface area contributed by atoms with Gasteiger partial charge in [0, 0.05) is 39.1 Å². The maximum absolute atomic E-state index is 4.35. The van der Waals surface area contributed by atoms with Crippen molar-refractivity contribution in [3.63, 3.8) is 0 Å². The number of nitrogens with one attached hydrogen (secondary N) is 2. The zero-order valence-corrected chi connectivity index (χ0v) is 17.6. The van der Waals surface area contributed by atoms with Crippen molar-refractivity contribution in [3.05, 3.63) is 83.7 Å². The third-order valence-corrected chi connectivity index (χ3v) is 5.45. The highest BCUT2D eigenvalue weighted by molar-refractivity contribution is 5.79. The Bertz CT molecular complexity index is 940. The van der Waals surface area contributed by atoms with Gasteiger partial charge in [-0.15, -0.1) is 0 Å². The number of aliphatic imine (C=N–C) groups is 1. The Morgan fingerprint density at radius 1 is 0.933 bits per heavy atom. The SMILES string of the molecule is CN=C(NCc1ccc(CN2CCCC2)cc1)NCc1cccc(-n2cccn2)c1. The van der Waals surface area contributed by atoms with Gasteiger partial charge in [0.05, 0.1) is 5.69 Å². The molecule has 1 aliphatic rings. The summed E-state index contributed by atoms with van der Waals surface area (Å²) < 4.78 is 1.87. The number of benzene rings is 2.